The number of esters is 1. The van der Waals surface area contributed by atoms with Crippen LogP contribution in [0.25, 0.3) is 0 Å². The zero-order chi connectivity index (χ0) is 12.3. The van der Waals surface area contributed by atoms with Crippen LogP contribution in [0, 0.1) is 10.7 Å². The maximum atomic E-state index is 11.6. The molecule has 1 rings (SSSR count). The van der Waals surface area contributed by atoms with E-state index in [2.05, 4.69) is 14.9 Å². The van der Waals surface area contributed by atoms with Gasteiger partial charge < -0.3 is 4.74 Å². The summed E-state index contributed by atoms with van der Waals surface area (Å²) in [4.78, 5) is 23.1. The molecule has 0 saturated heterocycles. The second-order valence-corrected chi connectivity index (χ2v) is 4.29. The summed E-state index contributed by atoms with van der Waals surface area (Å²) in [5.41, 5.74) is -0.430. The molecule has 0 spiro atoms. The largest absolute Gasteiger partial charge is 0.467 e. The van der Waals surface area contributed by atoms with Gasteiger partial charge in [0.25, 0.3) is 0 Å². The summed E-state index contributed by atoms with van der Waals surface area (Å²) in [5, 5.41) is 4.84. The van der Waals surface area contributed by atoms with E-state index >= 15 is 0 Å². The van der Waals surface area contributed by atoms with Crippen LogP contribution in [0.3, 0.4) is 0 Å². The normalized spacial score (nSPS) is 12.8. The number of carbonyl (C=O) groups is 1. The Bertz CT molecular complexity index is 443. The van der Waals surface area contributed by atoms with Gasteiger partial charge >= 0.3 is 11.7 Å². The number of rotatable bonds is 4. The molecule has 6 nitrogen and oxygen atoms in total. The molecule has 0 fully saturated rings. The van der Waals surface area contributed by atoms with Crippen LogP contribution >= 0.6 is 12.2 Å². The highest BCUT2D eigenvalue weighted by Crippen LogP contribution is 2.17. The Labute approximate surface area is 97.6 Å². The number of carbonyl (C=O) groups excluding carboxylic acids is 1. The number of ether oxygens (including phenoxy) is 1. The first-order valence-electron chi connectivity index (χ1n) is 4.94. The van der Waals surface area contributed by atoms with Crippen LogP contribution in [-0.4, -0.2) is 27.8 Å². The average Bonchev–Trinajstić information content (AvgIpc) is 2.54. The second-order valence-electron chi connectivity index (χ2n) is 3.90. The minimum Gasteiger partial charge on any atom is -0.467 e. The molecule has 0 bridgehead atoms. The summed E-state index contributed by atoms with van der Waals surface area (Å²) in [6.45, 7) is 3.92. The quantitative estimate of drug-likeness (QED) is 0.612. The van der Waals surface area contributed by atoms with Gasteiger partial charge in [0, 0.05) is 0 Å². The molecule has 0 radical (unpaired) electrons. The molecule has 0 aromatic carbocycles. The lowest BCUT2D eigenvalue weighted by Gasteiger charge is -2.16. The molecule has 0 amide bonds. The maximum Gasteiger partial charge on any atom is 0.343 e. The first-order valence-corrected chi connectivity index (χ1v) is 5.35. The lowest BCUT2D eigenvalue weighted by molar-refractivity contribution is -0.145. The van der Waals surface area contributed by atoms with Crippen molar-refractivity contribution in [3.63, 3.8) is 0 Å². The van der Waals surface area contributed by atoms with E-state index in [0.29, 0.717) is 6.42 Å². The van der Waals surface area contributed by atoms with Crippen LogP contribution in [0.5, 0.6) is 0 Å². The Hall–Kier alpha value is -1.37. The van der Waals surface area contributed by atoms with E-state index in [1.165, 1.54) is 11.7 Å². The third-order valence-corrected chi connectivity index (χ3v) is 2.49. The standard InChI is InChI=1S/C9H15N3O3S/c1-5(2)4-6(7(13)15-3)12-8(14)10-11-9(12)16/h5-6H,4H2,1-3H3,(H,10,14)(H,11,16). The number of nitrogens with one attached hydrogen (secondary N) is 2. The fourth-order valence-corrected chi connectivity index (χ4v) is 1.75. The van der Waals surface area contributed by atoms with Crippen LogP contribution in [0.15, 0.2) is 4.79 Å². The Morgan fingerprint density at radius 2 is 2.12 bits per heavy atom. The summed E-state index contributed by atoms with van der Waals surface area (Å²) in [7, 11) is 1.29. The van der Waals surface area contributed by atoms with Crippen molar-refractivity contribution in [2.75, 3.05) is 7.11 Å². The molecule has 1 unspecified atom stereocenters. The molecule has 0 aliphatic rings. The lowest BCUT2D eigenvalue weighted by Crippen LogP contribution is -2.30. The van der Waals surface area contributed by atoms with E-state index in [0.717, 1.165) is 0 Å². The van der Waals surface area contributed by atoms with Gasteiger partial charge in [-0.3, -0.25) is 9.67 Å². The zero-order valence-corrected chi connectivity index (χ0v) is 10.3. The number of H-pyrrole nitrogens is 2. The first-order chi connectivity index (χ1) is 7.47. The molecular formula is C9H15N3O3S. The van der Waals surface area contributed by atoms with Crippen LogP contribution in [0.2, 0.25) is 0 Å². The summed E-state index contributed by atoms with van der Waals surface area (Å²) in [5.74, 6) is -0.213. The van der Waals surface area contributed by atoms with Gasteiger partial charge in [0.05, 0.1) is 7.11 Å². The Morgan fingerprint density at radius 3 is 2.50 bits per heavy atom. The van der Waals surface area contributed by atoms with E-state index in [1.54, 1.807) is 0 Å². The highest BCUT2D eigenvalue weighted by Gasteiger charge is 2.25. The molecule has 2 N–H and O–H groups in total. The first kappa shape index (κ1) is 12.7. The van der Waals surface area contributed by atoms with Crippen molar-refractivity contribution < 1.29 is 9.53 Å². The number of methoxy groups -OCH3 is 1. The van der Waals surface area contributed by atoms with E-state index in [9.17, 15) is 9.59 Å². The summed E-state index contributed by atoms with van der Waals surface area (Å²) >= 11 is 4.94. The molecule has 1 aromatic rings. The molecule has 16 heavy (non-hydrogen) atoms. The maximum absolute atomic E-state index is 11.6. The fourth-order valence-electron chi connectivity index (χ4n) is 1.49. The second kappa shape index (κ2) is 5.11. The van der Waals surface area contributed by atoms with Crippen molar-refractivity contribution in [2.24, 2.45) is 5.92 Å². The number of nitrogens with zero attached hydrogens (tertiary/aromatic N) is 1. The Balaban J connectivity index is 3.16. The van der Waals surface area contributed by atoms with Crippen LogP contribution < -0.4 is 5.69 Å². The highest BCUT2D eigenvalue weighted by molar-refractivity contribution is 7.71. The molecule has 0 aliphatic carbocycles. The Morgan fingerprint density at radius 1 is 1.50 bits per heavy atom. The van der Waals surface area contributed by atoms with Crippen molar-refractivity contribution in [3.05, 3.63) is 15.3 Å². The predicted molar refractivity (Wildman–Crippen MR) is 60.7 cm³/mol. The van der Waals surface area contributed by atoms with E-state index in [1.807, 2.05) is 13.8 Å². The summed E-state index contributed by atoms with van der Waals surface area (Å²) in [6.07, 6.45) is 0.502. The smallest absolute Gasteiger partial charge is 0.343 e. The fraction of sp³-hybridized carbons (Fsp3) is 0.667. The predicted octanol–water partition coefficient (Wildman–Crippen LogP) is 0.994. The highest BCUT2D eigenvalue weighted by atomic mass is 32.1. The van der Waals surface area contributed by atoms with Crippen molar-refractivity contribution in [1.82, 2.24) is 14.8 Å². The van der Waals surface area contributed by atoms with Crippen molar-refractivity contribution in [2.45, 2.75) is 26.3 Å². The van der Waals surface area contributed by atoms with Crippen LogP contribution in [0.4, 0.5) is 0 Å². The monoisotopic (exact) mass is 245 g/mol. The molecule has 1 heterocycles. The summed E-state index contributed by atoms with van der Waals surface area (Å²) < 4.78 is 6.08. The van der Waals surface area contributed by atoms with E-state index in [-0.39, 0.29) is 10.7 Å². The summed E-state index contributed by atoms with van der Waals surface area (Å²) in [6, 6.07) is -0.674. The van der Waals surface area contributed by atoms with Gasteiger partial charge in [0.2, 0.25) is 0 Å². The van der Waals surface area contributed by atoms with Gasteiger partial charge in [-0.2, -0.15) is 0 Å². The van der Waals surface area contributed by atoms with E-state index < -0.39 is 17.7 Å². The molecule has 1 aromatic heterocycles. The van der Waals surface area contributed by atoms with Gasteiger partial charge in [0.1, 0.15) is 6.04 Å². The van der Waals surface area contributed by atoms with Gasteiger partial charge in [-0.15, -0.1) is 0 Å². The SMILES string of the molecule is COC(=O)C(CC(C)C)n1c(=O)[nH][nH]c1=S. The lowest BCUT2D eigenvalue weighted by atomic mass is 10.0. The molecule has 7 heteroatoms. The number of aromatic amines is 2. The number of aromatic nitrogens is 3. The van der Waals surface area contributed by atoms with Gasteiger partial charge in [0.15, 0.2) is 4.77 Å². The van der Waals surface area contributed by atoms with Gasteiger partial charge in [-0.25, -0.2) is 14.7 Å². The third-order valence-electron chi connectivity index (χ3n) is 2.19. The van der Waals surface area contributed by atoms with Crippen LogP contribution in [0.1, 0.15) is 26.3 Å². The minimum absolute atomic E-state index is 0.195. The van der Waals surface area contributed by atoms with Crippen molar-refractivity contribution >= 4 is 18.2 Å². The van der Waals surface area contributed by atoms with Gasteiger partial charge in [-0.1, -0.05) is 13.8 Å². The van der Waals surface area contributed by atoms with Crippen molar-refractivity contribution in [3.8, 4) is 0 Å². The Kier molecular flexibility index (Phi) is 4.05. The minimum atomic E-state index is -0.674. The molecular weight excluding hydrogens is 230 g/mol. The topological polar surface area (TPSA) is 79.9 Å². The number of hydrogen-bond acceptors (Lipinski definition) is 4. The third kappa shape index (κ3) is 2.60. The molecule has 1 atom stereocenters. The molecule has 90 valence electrons. The average molecular weight is 245 g/mol. The zero-order valence-electron chi connectivity index (χ0n) is 9.44. The van der Waals surface area contributed by atoms with Gasteiger partial charge in [-0.05, 0) is 24.6 Å². The van der Waals surface area contributed by atoms with Crippen LogP contribution in [-0.2, 0) is 9.53 Å². The van der Waals surface area contributed by atoms with Crippen molar-refractivity contribution in [1.29, 1.82) is 0 Å². The molecule has 0 aliphatic heterocycles. The van der Waals surface area contributed by atoms with E-state index in [4.69, 9.17) is 12.2 Å². The molecule has 0 saturated carbocycles. The number of hydrogen-bond donors (Lipinski definition) is 2.